The third-order valence-corrected chi connectivity index (χ3v) is 6.89. The van der Waals surface area contributed by atoms with Gasteiger partial charge in [0.05, 0.1) is 23.1 Å². The molecule has 14 heteroatoms. The van der Waals surface area contributed by atoms with Gasteiger partial charge in [-0.15, -0.1) is 0 Å². The topological polar surface area (TPSA) is 169 Å². The van der Waals surface area contributed by atoms with Gasteiger partial charge in [0.1, 0.15) is 11.4 Å². The molecular weight excluding hydrogens is 571 g/mol. The minimum absolute atomic E-state index is 0.0364. The normalized spacial score (nSPS) is 16.1. The van der Waals surface area contributed by atoms with Gasteiger partial charge in [0, 0.05) is 36.1 Å². The number of anilines is 1. The number of hydrogen-bond donors (Lipinski definition) is 4. The molecule has 1 saturated carbocycles. The number of hydrogen-bond acceptors (Lipinski definition) is 6. The number of carbonyl (C=O) groups excluding carboxylic acids is 3. The monoisotopic (exact) mass is 602 g/mol. The molecule has 42 heavy (non-hydrogen) atoms. The Labute approximate surface area is 245 Å². The van der Waals surface area contributed by atoms with Crippen LogP contribution in [0.5, 0.6) is 0 Å². The average Bonchev–Trinajstić information content (AvgIpc) is 3.53. The first-order valence-corrected chi connectivity index (χ1v) is 13.6. The number of carbonyl (C=O) groups is 4. The molecule has 2 atom stereocenters. The third-order valence-electron chi connectivity index (χ3n) is 6.60. The van der Waals surface area contributed by atoms with E-state index in [1.54, 1.807) is 43.7 Å². The largest absolute Gasteiger partial charge is 0.465 e. The molecule has 1 fully saturated rings. The number of benzene rings is 2. The van der Waals surface area contributed by atoms with Crippen molar-refractivity contribution in [2.24, 2.45) is 11.7 Å². The van der Waals surface area contributed by atoms with E-state index < -0.39 is 29.5 Å². The summed E-state index contributed by atoms with van der Waals surface area (Å²) in [7, 11) is 0. The van der Waals surface area contributed by atoms with Crippen LogP contribution in [0.4, 0.5) is 19.7 Å². The Morgan fingerprint density at radius 2 is 1.98 bits per heavy atom. The van der Waals surface area contributed by atoms with Crippen LogP contribution in [0.1, 0.15) is 55.7 Å². The van der Waals surface area contributed by atoms with E-state index in [2.05, 4.69) is 15.7 Å². The summed E-state index contributed by atoms with van der Waals surface area (Å²) in [5.74, 6) is -1.76. The number of halogens is 2. The molecule has 0 spiro atoms. The quantitative estimate of drug-likeness (QED) is 0.264. The molecule has 4 rings (SSSR count). The summed E-state index contributed by atoms with van der Waals surface area (Å²) >= 11 is 5.78. The Kier molecular flexibility index (Phi) is 8.90. The van der Waals surface area contributed by atoms with Gasteiger partial charge in [-0.05, 0) is 57.4 Å². The van der Waals surface area contributed by atoms with Gasteiger partial charge in [0.2, 0.25) is 5.91 Å². The van der Waals surface area contributed by atoms with Crippen molar-refractivity contribution in [1.82, 2.24) is 20.0 Å². The fraction of sp³-hybridized carbons (Fsp3) is 0.393. The first-order valence-electron chi connectivity index (χ1n) is 13.2. The maximum atomic E-state index is 14.2. The lowest BCUT2D eigenvalue weighted by atomic mass is 10.1. The second kappa shape index (κ2) is 12.2. The molecule has 12 nitrogen and oxygen atoms in total. The van der Waals surface area contributed by atoms with E-state index in [9.17, 15) is 28.7 Å². The van der Waals surface area contributed by atoms with Crippen LogP contribution < -0.4 is 16.4 Å². The van der Waals surface area contributed by atoms with Gasteiger partial charge in [-0.2, -0.15) is 5.10 Å². The lowest BCUT2D eigenvalue weighted by Gasteiger charge is -2.20. The van der Waals surface area contributed by atoms with Crippen LogP contribution in [-0.2, 0) is 16.1 Å². The van der Waals surface area contributed by atoms with Gasteiger partial charge in [-0.3, -0.25) is 19.6 Å². The summed E-state index contributed by atoms with van der Waals surface area (Å²) in [6, 6.07) is 9.16. The predicted molar refractivity (Wildman–Crippen MR) is 153 cm³/mol. The van der Waals surface area contributed by atoms with Gasteiger partial charge in [-0.25, -0.2) is 14.0 Å². The third kappa shape index (κ3) is 7.46. The minimum atomic E-state index is -1.26. The number of aromatic nitrogens is 2. The Morgan fingerprint density at radius 1 is 1.24 bits per heavy atom. The molecule has 2 unspecified atom stereocenters. The van der Waals surface area contributed by atoms with Crippen molar-refractivity contribution in [3.63, 3.8) is 0 Å². The summed E-state index contributed by atoms with van der Waals surface area (Å²) in [4.78, 5) is 49.5. The standard InChI is InChI=1S/C28H32ClFN6O6/c1-28(2,3)42-26(39)33-17-7-8-20-18(13-17)24(25(31)38)34-36(20)21-11-16(21)12-22(37)32-9-10-35(27(40)41)14-15-5-4-6-19(29)23(15)30/h4-8,13,16,21H,9-12,14H2,1-3H3,(H2,31,38)(H,32,37)(H,33,39)(H,40,41). The number of ether oxygens (including phenoxy) is 1. The second-order valence-electron chi connectivity index (χ2n) is 11.1. The zero-order valence-electron chi connectivity index (χ0n) is 23.3. The molecule has 224 valence electrons. The highest BCUT2D eigenvalue weighted by Gasteiger charge is 2.42. The number of carboxylic acid groups (broad SMARTS) is 1. The zero-order chi connectivity index (χ0) is 30.8. The van der Waals surface area contributed by atoms with Crippen molar-refractivity contribution in [3.8, 4) is 0 Å². The van der Waals surface area contributed by atoms with E-state index in [1.807, 2.05) is 0 Å². The van der Waals surface area contributed by atoms with Gasteiger partial charge >= 0.3 is 12.2 Å². The predicted octanol–water partition coefficient (Wildman–Crippen LogP) is 4.52. The first kappa shape index (κ1) is 30.6. The molecule has 0 aliphatic heterocycles. The van der Waals surface area contributed by atoms with Crippen molar-refractivity contribution in [1.29, 1.82) is 0 Å². The maximum absolute atomic E-state index is 14.2. The van der Waals surface area contributed by atoms with E-state index in [0.717, 1.165) is 4.90 Å². The van der Waals surface area contributed by atoms with Crippen molar-refractivity contribution < 1.29 is 33.4 Å². The Hall–Kier alpha value is -4.39. The summed E-state index contributed by atoms with van der Waals surface area (Å²) in [5, 5.41) is 19.6. The highest BCUT2D eigenvalue weighted by molar-refractivity contribution is 6.30. The highest BCUT2D eigenvalue weighted by Crippen LogP contribution is 2.47. The van der Waals surface area contributed by atoms with Crippen molar-refractivity contribution in [3.05, 3.63) is 58.5 Å². The van der Waals surface area contributed by atoms with E-state index in [4.69, 9.17) is 22.1 Å². The molecule has 3 aromatic rings. The SMILES string of the molecule is CC(C)(C)OC(=O)Nc1ccc2c(c1)c(C(N)=O)nn2C1CC1CC(=O)NCCN(Cc1cccc(Cl)c1F)C(=O)O. The minimum Gasteiger partial charge on any atom is -0.465 e. The molecule has 4 amide bonds. The summed E-state index contributed by atoms with van der Waals surface area (Å²) in [5.41, 5.74) is 6.08. The molecule has 1 heterocycles. The molecule has 1 aliphatic rings. The molecule has 2 aromatic carbocycles. The van der Waals surface area contributed by atoms with Crippen LogP contribution in [0, 0.1) is 11.7 Å². The van der Waals surface area contributed by atoms with Crippen LogP contribution in [0.25, 0.3) is 10.9 Å². The number of nitrogens with two attached hydrogens (primary N) is 1. The highest BCUT2D eigenvalue weighted by atomic mass is 35.5. The molecule has 0 bridgehead atoms. The maximum Gasteiger partial charge on any atom is 0.412 e. The Balaban J connectivity index is 1.35. The lowest BCUT2D eigenvalue weighted by molar-refractivity contribution is -0.121. The van der Waals surface area contributed by atoms with Gasteiger partial charge in [0.25, 0.3) is 5.91 Å². The van der Waals surface area contributed by atoms with Crippen LogP contribution in [0.2, 0.25) is 5.02 Å². The van der Waals surface area contributed by atoms with Crippen molar-refractivity contribution in [2.75, 3.05) is 18.4 Å². The molecule has 5 N–H and O–H groups in total. The average molecular weight is 603 g/mol. The van der Waals surface area contributed by atoms with Gasteiger partial charge < -0.3 is 25.8 Å². The van der Waals surface area contributed by atoms with E-state index in [-0.39, 0.29) is 60.2 Å². The lowest BCUT2D eigenvalue weighted by Crippen LogP contribution is -2.37. The molecule has 1 aromatic heterocycles. The van der Waals surface area contributed by atoms with Crippen LogP contribution >= 0.6 is 11.6 Å². The summed E-state index contributed by atoms with van der Waals surface area (Å²) < 4.78 is 21.1. The van der Waals surface area contributed by atoms with E-state index >= 15 is 0 Å². The Bertz CT molecular complexity index is 1540. The first-order chi connectivity index (χ1) is 19.7. The number of rotatable bonds is 10. The van der Waals surface area contributed by atoms with E-state index in [1.165, 1.54) is 18.2 Å². The number of nitrogens with one attached hydrogen (secondary N) is 2. The smallest absolute Gasteiger partial charge is 0.412 e. The molecule has 1 aliphatic carbocycles. The number of nitrogens with zero attached hydrogens (tertiary/aromatic N) is 3. The number of amides is 4. The summed E-state index contributed by atoms with van der Waals surface area (Å²) in [6.45, 7) is 5.00. The second-order valence-corrected chi connectivity index (χ2v) is 11.5. The van der Waals surface area contributed by atoms with Crippen LogP contribution in [0.3, 0.4) is 0 Å². The fourth-order valence-electron chi connectivity index (χ4n) is 4.58. The van der Waals surface area contributed by atoms with Gasteiger partial charge in [0.15, 0.2) is 5.69 Å². The van der Waals surface area contributed by atoms with E-state index in [0.29, 0.717) is 23.0 Å². The fourth-order valence-corrected chi connectivity index (χ4v) is 4.78. The van der Waals surface area contributed by atoms with Crippen molar-refractivity contribution in [2.45, 2.75) is 51.8 Å². The van der Waals surface area contributed by atoms with Gasteiger partial charge in [-0.1, -0.05) is 23.7 Å². The molecule has 0 saturated heterocycles. The van der Waals surface area contributed by atoms with Crippen LogP contribution in [-0.4, -0.2) is 62.5 Å². The number of fused-ring (bicyclic) bond motifs is 1. The molecule has 0 radical (unpaired) electrons. The summed E-state index contributed by atoms with van der Waals surface area (Å²) in [6.07, 6.45) is -1.11. The van der Waals surface area contributed by atoms with Crippen LogP contribution in [0.15, 0.2) is 36.4 Å². The zero-order valence-corrected chi connectivity index (χ0v) is 24.1. The Morgan fingerprint density at radius 3 is 2.64 bits per heavy atom. The van der Waals surface area contributed by atoms with Crippen molar-refractivity contribution >= 4 is 52.2 Å². The molecular formula is C28H32ClFN6O6. The number of primary amides is 1.